The predicted molar refractivity (Wildman–Crippen MR) is 207 cm³/mol. The molecule has 2 aromatic heterocycles. The lowest BCUT2D eigenvalue weighted by atomic mass is 10.1. The van der Waals surface area contributed by atoms with E-state index in [-0.39, 0.29) is 46.8 Å². The molecule has 0 radical (unpaired) electrons. The van der Waals surface area contributed by atoms with Gasteiger partial charge in [0.25, 0.3) is 8.53 Å². The first-order chi connectivity index (χ1) is 25.6. The van der Waals surface area contributed by atoms with Crippen LogP contribution in [0.5, 0.6) is 0 Å². The zero-order chi connectivity index (χ0) is 39.2. The van der Waals surface area contributed by atoms with Gasteiger partial charge in [0.2, 0.25) is 5.91 Å². The Balaban J connectivity index is 1.58. The second-order valence-electron chi connectivity index (χ2n) is 14.7. The van der Waals surface area contributed by atoms with Gasteiger partial charge >= 0.3 is 17.6 Å². The van der Waals surface area contributed by atoms with E-state index in [1.165, 1.54) is 13.3 Å². The van der Waals surface area contributed by atoms with Crippen molar-refractivity contribution in [1.82, 2.24) is 24.2 Å². The van der Waals surface area contributed by atoms with Crippen LogP contribution < -0.4 is 11.0 Å². The first-order valence-electron chi connectivity index (χ1n) is 17.9. The molecule has 0 saturated carbocycles. The van der Waals surface area contributed by atoms with Crippen molar-refractivity contribution in [1.29, 1.82) is 0 Å². The number of carbonyl (C=O) groups excluding carboxylic acids is 3. The highest BCUT2D eigenvalue weighted by Crippen LogP contribution is 2.47. The Labute approximate surface area is 316 Å². The highest BCUT2D eigenvalue weighted by Gasteiger charge is 2.52. The van der Waals surface area contributed by atoms with Crippen molar-refractivity contribution in [3.05, 3.63) is 88.6 Å². The summed E-state index contributed by atoms with van der Waals surface area (Å²) in [5.74, 6) is -1.78. The number of hydrogen-bond acceptors (Lipinski definition) is 12. The second-order valence-corrected chi connectivity index (χ2v) is 21.8. The van der Waals surface area contributed by atoms with Crippen molar-refractivity contribution in [2.24, 2.45) is 0 Å². The molecule has 5 atom stereocenters. The van der Waals surface area contributed by atoms with Gasteiger partial charge in [0.15, 0.2) is 29.9 Å². The third kappa shape index (κ3) is 10.1. The lowest BCUT2D eigenvalue weighted by Crippen LogP contribution is -2.42. The molecular weight excluding hydrogens is 732 g/mol. The van der Waals surface area contributed by atoms with Gasteiger partial charge in [-0.3, -0.25) is 4.79 Å². The molecule has 15 nitrogen and oxygen atoms in total. The molecule has 1 saturated heterocycles. The van der Waals surface area contributed by atoms with Gasteiger partial charge in [0, 0.05) is 27.1 Å². The van der Waals surface area contributed by atoms with Crippen LogP contribution in [0, 0.1) is 0 Å². The third-order valence-electron chi connectivity index (χ3n) is 8.50. The Morgan fingerprint density at radius 1 is 0.907 bits per heavy atom. The van der Waals surface area contributed by atoms with Crippen molar-refractivity contribution < 1.29 is 37.6 Å². The zero-order valence-corrected chi connectivity index (χ0v) is 33.7. The number of anilines is 1. The molecule has 0 bridgehead atoms. The van der Waals surface area contributed by atoms with Crippen molar-refractivity contribution in [3.63, 3.8) is 0 Å². The van der Waals surface area contributed by atoms with Gasteiger partial charge in [0.1, 0.15) is 17.9 Å². The molecule has 0 spiro atoms. The minimum Gasteiger partial charge on any atom is -0.452 e. The molecule has 4 aromatic rings. The number of fused-ring (bicyclic) bond motifs is 1. The van der Waals surface area contributed by atoms with E-state index in [9.17, 15) is 19.2 Å². The van der Waals surface area contributed by atoms with E-state index in [0.29, 0.717) is 6.61 Å². The van der Waals surface area contributed by atoms with Crippen LogP contribution in [0.1, 0.15) is 61.6 Å². The number of benzene rings is 2. The van der Waals surface area contributed by atoms with Gasteiger partial charge in [0.05, 0.1) is 24.3 Å². The highest BCUT2D eigenvalue weighted by atomic mass is 31.2. The number of aromatic amines is 1. The summed E-state index contributed by atoms with van der Waals surface area (Å²) < 4.78 is 35.2. The maximum absolute atomic E-state index is 13.8. The van der Waals surface area contributed by atoms with Crippen LogP contribution in [-0.2, 0) is 28.1 Å². The first-order valence-corrected chi connectivity index (χ1v) is 22.7. The maximum Gasteiger partial charge on any atom is 0.338 e. The molecule has 1 unspecified atom stereocenters. The Morgan fingerprint density at radius 3 is 2.02 bits per heavy atom. The summed E-state index contributed by atoms with van der Waals surface area (Å²) in [6.45, 7) is 16.7. The van der Waals surface area contributed by atoms with E-state index in [0.717, 1.165) is 10.6 Å². The van der Waals surface area contributed by atoms with Crippen LogP contribution >= 0.6 is 8.53 Å². The molecule has 3 heterocycles. The summed E-state index contributed by atoms with van der Waals surface area (Å²) >= 11 is 0. The topological polar surface area (TPSA) is 176 Å². The fraction of sp³-hybridized carbons (Fsp3) is 0.459. The van der Waals surface area contributed by atoms with E-state index < -0.39 is 64.7 Å². The van der Waals surface area contributed by atoms with Crippen molar-refractivity contribution in [2.75, 3.05) is 18.5 Å². The molecule has 2 N–H and O–H groups in total. The minimum absolute atomic E-state index is 0.0573. The Kier molecular flexibility index (Phi) is 13.5. The summed E-state index contributed by atoms with van der Waals surface area (Å²) in [5, 5.41) is 2.59. The Morgan fingerprint density at radius 2 is 1.48 bits per heavy atom. The quantitative estimate of drug-likeness (QED) is 0.0756. The van der Waals surface area contributed by atoms with Crippen LogP contribution in [0.2, 0.25) is 25.7 Å². The number of amides is 1. The highest BCUT2D eigenvalue weighted by molar-refractivity contribution is 7.44. The number of hydrogen-bond donors (Lipinski definition) is 2. The number of esters is 2. The van der Waals surface area contributed by atoms with E-state index in [2.05, 4.69) is 72.3 Å². The summed E-state index contributed by atoms with van der Waals surface area (Å²) in [7, 11) is -3.08. The SMILES string of the molecule is CC(=O)Nc1ncnc2c1[nH]c(=O)n2[C@@H]1O[C@H](COP(OCC[Si](C)(C)C)N(C(C)C)C(C)C)[C@@H](OC(=O)c2ccccc2)[C@H]1OC(=O)c1ccccc1. The first kappa shape index (κ1) is 40.9. The van der Waals surface area contributed by atoms with Crippen LogP contribution in [0.3, 0.4) is 0 Å². The lowest BCUT2D eigenvalue weighted by Gasteiger charge is -2.36. The maximum atomic E-state index is 13.8. The number of H-pyrrole nitrogens is 1. The average molecular weight is 781 g/mol. The summed E-state index contributed by atoms with van der Waals surface area (Å²) in [6, 6.07) is 17.7. The number of carbonyl (C=O) groups is 3. The molecule has 1 aliphatic heterocycles. The summed E-state index contributed by atoms with van der Waals surface area (Å²) in [5.41, 5.74) is -0.0269. The van der Waals surface area contributed by atoms with Crippen molar-refractivity contribution >= 4 is 51.4 Å². The number of nitrogens with one attached hydrogen (secondary N) is 2. The van der Waals surface area contributed by atoms with Crippen LogP contribution in [0.4, 0.5) is 5.82 Å². The van der Waals surface area contributed by atoms with E-state index in [1.54, 1.807) is 60.7 Å². The number of rotatable bonds is 16. The molecule has 54 heavy (non-hydrogen) atoms. The van der Waals surface area contributed by atoms with E-state index in [1.807, 2.05) is 0 Å². The monoisotopic (exact) mass is 780 g/mol. The number of imidazole rings is 1. The van der Waals surface area contributed by atoms with E-state index in [4.69, 9.17) is 23.3 Å². The zero-order valence-electron chi connectivity index (χ0n) is 31.8. The van der Waals surface area contributed by atoms with Gasteiger partial charge in [-0.05, 0) is 58.0 Å². The number of nitrogens with zero attached hydrogens (tertiary/aromatic N) is 4. The normalized spacial score (nSPS) is 19.4. The Bertz CT molecular complexity index is 1950. The largest absolute Gasteiger partial charge is 0.452 e. The lowest BCUT2D eigenvalue weighted by molar-refractivity contribution is -0.114. The van der Waals surface area contributed by atoms with Gasteiger partial charge in [-0.15, -0.1) is 0 Å². The van der Waals surface area contributed by atoms with Gasteiger partial charge in [-0.25, -0.2) is 33.6 Å². The van der Waals surface area contributed by atoms with Crippen LogP contribution in [0.25, 0.3) is 11.2 Å². The van der Waals surface area contributed by atoms with Crippen molar-refractivity contribution in [2.45, 2.75) is 96.9 Å². The van der Waals surface area contributed by atoms with Gasteiger partial charge in [-0.2, -0.15) is 0 Å². The Hall–Kier alpha value is -4.31. The van der Waals surface area contributed by atoms with E-state index >= 15 is 0 Å². The predicted octanol–water partition coefficient (Wildman–Crippen LogP) is 6.14. The number of ether oxygens (including phenoxy) is 3. The van der Waals surface area contributed by atoms with Crippen LogP contribution in [-0.4, -0.2) is 93.7 Å². The second kappa shape index (κ2) is 17.9. The summed E-state index contributed by atoms with van der Waals surface area (Å²) in [6.07, 6.45) is -3.89. The molecule has 0 aliphatic carbocycles. The molecule has 5 rings (SSSR count). The third-order valence-corrected chi connectivity index (χ3v) is 12.3. The smallest absolute Gasteiger partial charge is 0.338 e. The minimum atomic E-state index is -1.64. The molecule has 2 aromatic carbocycles. The molecule has 1 amide bonds. The fourth-order valence-corrected chi connectivity index (χ4v) is 8.50. The van der Waals surface area contributed by atoms with Crippen molar-refractivity contribution in [3.8, 4) is 0 Å². The summed E-state index contributed by atoms with van der Waals surface area (Å²) in [4.78, 5) is 64.3. The molecule has 290 valence electrons. The molecular formula is C37H49N6O9PSi. The van der Waals surface area contributed by atoms with Gasteiger partial charge in [-0.1, -0.05) is 56.0 Å². The molecule has 1 fully saturated rings. The van der Waals surface area contributed by atoms with Gasteiger partial charge < -0.3 is 33.6 Å². The fourth-order valence-electron chi connectivity index (χ4n) is 6.00. The molecule has 1 aliphatic rings. The number of aromatic nitrogens is 4. The average Bonchev–Trinajstić information content (AvgIpc) is 3.62. The van der Waals surface area contributed by atoms with Crippen LogP contribution in [0.15, 0.2) is 71.8 Å². The molecule has 17 heteroatoms. The standard InChI is InChI=1S/C37H49N6O9PSi/c1-23(2)43(24(3)4)53(48-19-20-54(6,7)8)49-21-28-30(51-35(45)26-15-11-9-12-16-26)31(52-36(46)27-17-13-10-14-18-27)34(50-28)42-33-29(41-37(42)47)32(38-22-39-33)40-25(5)44/h9-18,22-24,28,30-31,34H,19-21H2,1-8H3,(H,41,47)(H,38,39,40,44)/t28-,30-,31-,34-,53?/m1/s1.